The lowest BCUT2D eigenvalue weighted by atomic mass is 10.0. The minimum absolute atomic E-state index is 0.00950. The zero-order valence-electron chi connectivity index (χ0n) is 11.0. The van der Waals surface area contributed by atoms with Crippen LogP contribution < -0.4 is 4.74 Å². The maximum Gasteiger partial charge on any atom is 0.200 e. The second-order valence-corrected chi connectivity index (χ2v) is 6.67. The van der Waals surface area contributed by atoms with E-state index in [1.807, 2.05) is 0 Å². The van der Waals surface area contributed by atoms with Gasteiger partial charge in [0, 0.05) is 4.47 Å². The summed E-state index contributed by atoms with van der Waals surface area (Å²) in [6.45, 7) is 0. The van der Waals surface area contributed by atoms with E-state index < -0.39 is 11.5 Å². The van der Waals surface area contributed by atoms with Gasteiger partial charge in [-0.15, -0.1) is 0 Å². The fraction of sp³-hybridized carbons (Fsp3) is 0.0714. The van der Waals surface area contributed by atoms with E-state index >= 15 is 0 Å². The van der Waals surface area contributed by atoms with Gasteiger partial charge in [-0.1, -0.05) is 0 Å². The van der Waals surface area contributed by atoms with Crippen molar-refractivity contribution < 1.29 is 24.9 Å². The average Bonchev–Trinajstić information content (AvgIpc) is 2.48. The van der Waals surface area contributed by atoms with Crippen LogP contribution in [0.2, 0.25) is 0 Å². The molecule has 0 aliphatic heterocycles. The van der Waals surface area contributed by atoms with Crippen LogP contribution in [0.5, 0.6) is 23.0 Å². The number of rotatable bonds is 3. The molecule has 0 aliphatic carbocycles. The first-order valence-corrected chi connectivity index (χ1v) is 8.17. The number of halogens is 3. The van der Waals surface area contributed by atoms with Gasteiger partial charge in [-0.3, -0.25) is 4.79 Å². The second-order valence-electron chi connectivity index (χ2n) is 4.23. The molecule has 0 bridgehead atoms. The molecule has 3 N–H and O–H groups in total. The van der Waals surface area contributed by atoms with Gasteiger partial charge in [-0.2, -0.15) is 0 Å². The summed E-state index contributed by atoms with van der Waals surface area (Å²) >= 11 is 9.42. The fourth-order valence-corrected chi connectivity index (χ4v) is 3.09. The third kappa shape index (κ3) is 2.82. The Morgan fingerprint density at radius 3 is 2.18 bits per heavy atom. The predicted molar refractivity (Wildman–Crippen MR) is 91.0 cm³/mol. The molecule has 2 aromatic rings. The van der Waals surface area contributed by atoms with Gasteiger partial charge in [0.2, 0.25) is 5.78 Å². The molecular weight excluding hydrogens is 488 g/mol. The van der Waals surface area contributed by atoms with Crippen LogP contribution >= 0.6 is 47.8 Å². The summed E-state index contributed by atoms with van der Waals surface area (Å²) in [4.78, 5) is 12.5. The van der Waals surface area contributed by atoms with E-state index in [0.717, 1.165) is 6.07 Å². The molecule has 8 heteroatoms. The Kier molecular flexibility index (Phi) is 5.03. The Labute approximate surface area is 150 Å². The first kappa shape index (κ1) is 17.1. The number of carbonyl (C=O) groups excluding carboxylic acids is 1. The molecule has 0 radical (unpaired) electrons. The molecule has 0 atom stereocenters. The van der Waals surface area contributed by atoms with Crippen molar-refractivity contribution in [1.29, 1.82) is 0 Å². The van der Waals surface area contributed by atoms with Crippen molar-refractivity contribution in [2.75, 3.05) is 7.11 Å². The molecular formula is C14H9Br3O5. The number of hydrogen-bond acceptors (Lipinski definition) is 5. The van der Waals surface area contributed by atoms with E-state index in [2.05, 4.69) is 47.8 Å². The molecule has 0 spiro atoms. The van der Waals surface area contributed by atoms with Crippen molar-refractivity contribution >= 4 is 53.6 Å². The Hall–Kier alpha value is -1.25. The van der Waals surface area contributed by atoms with Gasteiger partial charge in [0.05, 0.1) is 22.7 Å². The van der Waals surface area contributed by atoms with E-state index in [9.17, 15) is 20.1 Å². The number of benzene rings is 2. The molecule has 0 aromatic heterocycles. The van der Waals surface area contributed by atoms with E-state index in [-0.39, 0.29) is 32.8 Å². The second kappa shape index (κ2) is 6.47. The van der Waals surface area contributed by atoms with E-state index in [1.165, 1.54) is 13.2 Å². The van der Waals surface area contributed by atoms with Crippen LogP contribution in [0, 0.1) is 0 Å². The molecule has 22 heavy (non-hydrogen) atoms. The summed E-state index contributed by atoms with van der Waals surface area (Å²) in [7, 11) is 1.32. The zero-order valence-corrected chi connectivity index (χ0v) is 15.8. The highest BCUT2D eigenvalue weighted by Gasteiger charge is 2.24. The summed E-state index contributed by atoms with van der Waals surface area (Å²) in [5, 5.41) is 30.0. The number of ketones is 1. The van der Waals surface area contributed by atoms with Crippen molar-refractivity contribution in [2.45, 2.75) is 0 Å². The van der Waals surface area contributed by atoms with Gasteiger partial charge < -0.3 is 20.1 Å². The Morgan fingerprint density at radius 1 is 1.00 bits per heavy atom. The van der Waals surface area contributed by atoms with Gasteiger partial charge in [-0.25, -0.2) is 0 Å². The Bertz CT molecular complexity index is 774. The lowest BCUT2D eigenvalue weighted by molar-refractivity contribution is 0.103. The third-order valence-corrected chi connectivity index (χ3v) is 5.67. The van der Waals surface area contributed by atoms with Crippen LogP contribution in [-0.4, -0.2) is 28.2 Å². The standard InChI is InChI=1S/C14H9Br3O5/c1-22-14-8(18)4-6(13(21)10(14)17)11(19)5-2-3-7(15)9(16)12(5)20/h2-4,18,20-21H,1H3. The number of aromatic hydroxyl groups is 3. The quantitative estimate of drug-likeness (QED) is 0.435. The average molecular weight is 497 g/mol. The van der Waals surface area contributed by atoms with E-state index in [1.54, 1.807) is 6.07 Å². The largest absolute Gasteiger partial charge is 0.506 e. The molecule has 0 amide bonds. The van der Waals surface area contributed by atoms with Crippen LogP contribution in [0.4, 0.5) is 0 Å². The van der Waals surface area contributed by atoms with Gasteiger partial charge in [-0.05, 0) is 66.0 Å². The highest BCUT2D eigenvalue weighted by molar-refractivity contribution is 9.13. The van der Waals surface area contributed by atoms with Crippen LogP contribution in [0.25, 0.3) is 0 Å². The van der Waals surface area contributed by atoms with Crippen LogP contribution in [-0.2, 0) is 0 Å². The van der Waals surface area contributed by atoms with Crippen molar-refractivity contribution in [3.8, 4) is 23.0 Å². The summed E-state index contributed by atoms with van der Waals surface area (Å²) in [6.07, 6.45) is 0. The number of carbonyl (C=O) groups is 1. The van der Waals surface area contributed by atoms with Crippen molar-refractivity contribution in [3.63, 3.8) is 0 Å². The normalized spacial score (nSPS) is 10.5. The first-order chi connectivity index (χ1) is 10.3. The Morgan fingerprint density at radius 2 is 1.59 bits per heavy atom. The predicted octanol–water partition coefficient (Wildman–Crippen LogP) is 4.33. The maximum absolute atomic E-state index is 12.5. The molecule has 0 heterocycles. The summed E-state index contributed by atoms with van der Waals surface area (Å²) < 4.78 is 5.86. The van der Waals surface area contributed by atoms with Crippen LogP contribution in [0.3, 0.4) is 0 Å². The van der Waals surface area contributed by atoms with E-state index in [0.29, 0.717) is 8.95 Å². The molecule has 2 rings (SSSR count). The molecule has 0 fully saturated rings. The van der Waals surface area contributed by atoms with Gasteiger partial charge in [0.15, 0.2) is 11.5 Å². The summed E-state index contributed by atoms with van der Waals surface area (Å²) in [6, 6.07) is 4.06. The zero-order chi connectivity index (χ0) is 16.6. The highest BCUT2D eigenvalue weighted by atomic mass is 79.9. The minimum Gasteiger partial charge on any atom is -0.506 e. The number of phenolic OH excluding ortho intramolecular Hbond substituents is 3. The molecule has 2 aromatic carbocycles. The Balaban J connectivity index is 2.63. The molecule has 0 saturated carbocycles. The SMILES string of the molecule is COc1c(O)cc(C(=O)c2ccc(Br)c(Br)c2O)c(O)c1Br. The van der Waals surface area contributed by atoms with E-state index in [4.69, 9.17) is 4.74 Å². The highest BCUT2D eigenvalue weighted by Crippen LogP contribution is 2.44. The first-order valence-electron chi connectivity index (χ1n) is 5.79. The van der Waals surface area contributed by atoms with Gasteiger partial charge >= 0.3 is 0 Å². The van der Waals surface area contributed by atoms with Gasteiger partial charge in [0.25, 0.3) is 0 Å². The van der Waals surface area contributed by atoms with Crippen LogP contribution in [0.1, 0.15) is 15.9 Å². The number of methoxy groups -OCH3 is 1. The van der Waals surface area contributed by atoms with Gasteiger partial charge in [0.1, 0.15) is 16.0 Å². The molecule has 5 nitrogen and oxygen atoms in total. The number of phenols is 3. The topological polar surface area (TPSA) is 87.0 Å². The lowest BCUT2D eigenvalue weighted by Crippen LogP contribution is -2.04. The number of ether oxygens (including phenoxy) is 1. The summed E-state index contributed by atoms with van der Waals surface area (Å²) in [5.41, 5.74) is -0.198. The monoisotopic (exact) mass is 494 g/mol. The number of hydrogen-bond donors (Lipinski definition) is 3. The molecule has 116 valence electrons. The molecule has 0 aliphatic rings. The van der Waals surface area contributed by atoms with Crippen molar-refractivity contribution in [2.24, 2.45) is 0 Å². The minimum atomic E-state index is -0.651. The maximum atomic E-state index is 12.5. The summed E-state index contributed by atoms with van der Waals surface area (Å²) in [5.74, 6) is -1.62. The third-order valence-electron chi connectivity index (χ3n) is 2.94. The molecule has 0 saturated heterocycles. The smallest absolute Gasteiger partial charge is 0.200 e. The van der Waals surface area contributed by atoms with Crippen LogP contribution in [0.15, 0.2) is 31.6 Å². The lowest BCUT2D eigenvalue weighted by Gasteiger charge is -2.12. The van der Waals surface area contributed by atoms with Crippen molar-refractivity contribution in [3.05, 3.63) is 42.7 Å². The van der Waals surface area contributed by atoms with Crippen molar-refractivity contribution in [1.82, 2.24) is 0 Å². The fourth-order valence-electron chi connectivity index (χ4n) is 1.84. The molecule has 0 unspecified atom stereocenters.